The third kappa shape index (κ3) is 10.6. The summed E-state index contributed by atoms with van der Waals surface area (Å²) in [7, 11) is -2.06. The van der Waals surface area contributed by atoms with Gasteiger partial charge in [-0.2, -0.15) is 0 Å². The molecule has 0 saturated carbocycles. The molecule has 1 atom stereocenters. The number of anilines is 2. The summed E-state index contributed by atoms with van der Waals surface area (Å²) in [6, 6.07) is 4.09. The highest BCUT2D eigenvalue weighted by Crippen LogP contribution is 2.47. The van der Waals surface area contributed by atoms with E-state index in [2.05, 4.69) is 9.97 Å². The molecule has 6 rings (SSSR count). The number of amides is 1. The number of rotatable bonds is 18. The molecule has 3 aromatic heterocycles. The van der Waals surface area contributed by atoms with E-state index in [1.54, 1.807) is 41.4 Å². The molecule has 0 aliphatic carbocycles. The maximum atomic E-state index is 15.5. The van der Waals surface area contributed by atoms with Crippen molar-refractivity contribution in [2.75, 3.05) is 24.2 Å². The molecule has 0 spiro atoms. The number of aromatic nitrogens is 3. The Labute approximate surface area is 346 Å². The average Bonchev–Trinajstić information content (AvgIpc) is 3.46. The summed E-state index contributed by atoms with van der Waals surface area (Å²) < 4.78 is 63.3. The van der Waals surface area contributed by atoms with Crippen LogP contribution in [0.15, 0.2) is 41.6 Å². The highest BCUT2D eigenvalue weighted by atomic mass is 32.2. The molecule has 0 radical (unpaired) electrons. The van der Waals surface area contributed by atoms with Crippen LogP contribution in [0.2, 0.25) is 0 Å². The fourth-order valence-electron chi connectivity index (χ4n) is 8.58. The van der Waals surface area contributed by atoms with Gasteiger partial charge in [0.1, 0.15) is 16.9 Å². The monoisotopic (exact) mass is 835 g/mol. The maximum Gasteiger partial charge on any atom is 0.306 e. The number of nitrogens with one attached hydrogen (secondary N) is 1. The van der Waals surface area contributed by atoms with Crippen LogP contribution < -0.4 is 10.5 Å². The molecule has 1 aromatic carbocycles. The Hall–Kier alpha value is -4.59. The molecule has 5 heterocycles. The number of halogens is 2. The number of H-pyrrole nitrogens is 1. The molecular formula is C45H59F2N5O6S. The van der Waals surface area contributed by atoms with Crippen LogP contribution in [0.1, 0.15) is 144 Å². The van der Waals surface area contributed by atoms with Gasteiger partial charge in [-0.05, 0) is 63.3 Å². The number of benzene rings is 1. The lowest BCUT2D eigenvalue weighted by molar-refractivity contribution is -0.154. The van der Waals surface area contributed by atoms with Crippen LogP contribution in [0.25, 0.3) is 22.0 Å². The molecule has 1 amide bonds. The number of sulfone groups is 1. The van der Waals surface area contributed by atoms with Crippen molar-refractivity contribution in [1.29, 1.82) is 0 Å². The minimum atomic E-state index is -3.68. The smallest absolute Gasteiger partial charge is 0.306 e. The van der Waals surface area contributed by atoms with Gasteiger partial charge in [-0.3, -0.25) is 14.4 Å². The maximum absolute atomic E-state index is 15.5. The van der Waals surface area contributed by atoms with E-state index in [1.807, 2.05) is 20.8 Å². The summed E-state index contributed by atoms with van der Waals surface area (Å²) >= 11 is 0. The first kappa shape index (κ1) is 44.0. The van der Waals surface area contributed by atoms with E-state index in [4.69, 9.17) is 4.74 Å². The largest absolute Gasteiger partial charge is 0.460 e. The van der Waals surface area contributed by atoms with E-state index < -0.39 is 32.3 Å². The topological polar surface area (TPSA) is 135 Å². The number of esters is 1. The Morgan fingerprint density at radius 2 is 1.53 bits per heavy atom. The van der Waals surface area contributed by atoms with Crippen LogP contribution in [0.3, 0.4) is 0 Å². The molecule has 4 aromatic rings. The van der Waals surface area contributed by atoms with Crippen LogP contribution in [-0.4, -0.2) is 64.7 Å². The predicted molar refractivity (Wildman–Crippen MR) is 228 cm³/mol. The summed E-state index contributed by atoms with van der Waals surface area (Å²) in [5, 5.41) is -0.357. The molecule has 0 fully saturated rings. The summed E-state index contributed by atoms with van der Waals surface area (Å²) in [4.78, 5) is 49.9. The normalized spacial score (nSPS) is 15.6. The van der Waals surface area contributed by atoms with E-state index >= 15 is 4.39 Å². The lowest BCUT2D eigenvalue weighted by Crippen LogP contribution is -2.32. The van der Waals surface area contributed by atoms with Gasteiger partial charge in [-0.15, -0.1) is 0 Å². The number of pyridine rings is 2. The quantitative estimate of drug-likeness (QED) is 0.0774. The molecule has 2 aliphatic heterocycles. The van der Waals surface area contributed by atoms with Crippen LogP contribution in [-0.2, 0) is 33.0 Å². The van der Waals surface area contributed by atoms with Crippen LogP contribution >= 0.6 is 0 Å². The zero-order chi connectivity index (χ0) is 42.5. The number of hydrogen-bond donors (Lipinski definition) is 1. The molecule has 1 N–H and O–H groups in total. The summed E-state index contributed by atoms with van der Waals surface area (Å²) in [5.74, 6) is -2.31. The second kappa shape index (κ2) is 18.8. The van der Waals surface area contributed by atoms with Crippen molar-refractivity contribution in [2.45, 2.75) is 134 Å². The van der Waals surface area contributed by atoms with Crippen molar-refractivity contribution in [1.82, 2.24) is 19.4 Å². The highest BCUT2D eigenvalue weighted by molar-refractivity contribution is 7.90. The Kier molecular flexibility index (Phi) is 14.0. The fraction of sp³-hybridized carbons (Fsp3) is 0.556. The number of hydrogen-bond acceptors (Lipinski definition) is 8. The zero-order valence-electron chi connectivity index (χ0n) is 35.2. The van der Waals surface area contributed by atoms with Gasteiger partial charge in [0.2, 0.25) is 0 Å². The first-order chi connectivity index (χ1) is 28.0. The van der Waals surface area contributed by atoms with Crippen molar-refractivity contribution in [2.24, 2.45) is 7.05 Å². The Morgan fingerprint density at radius 3 is 2.14 bits per heavy atom. The highest BCUT2D eigenvalue weighted by Gasteiger charge is 2.37. The van der Waals surface area contributed by atoms with Gasteiger partial charge in [0.25, 0.3) is 11.5 Å². The average molecular weight is 836 g/mol. The number of aryl methyl sites for hydroxylation is 1. The molecule has 1 unspecified atom stereocenters. The minimum Gasteiger partial charge on any atom is -0.460 e. The zero-order valence-corrected chi connectivity index (χ0v) is 36.0. The van der Waals surface area contributed by atoms with Crippen LogP contribution in [0.5, 0.6) is 0 Å². The standard InChI is InChI=1S/C45H59F2N5O6S/c1-45(2,3)58-39(53)19-17-15-13-11-9-7-6-8-10-12-14-16-18-21-51-22-20-38(59(5,56)57)33-24-32-35-29-50(4)44(55)41-40(35)30(26-48-41)28-52(37(32)25-34(33)43(51)54)42-36(47)23-31(46)27-49-42/h23-27,29,38,48H,6-22,28H2,1-5H3. The fourth-order valence-corrected chi connectivity index (χ4v) is 9.77. The van der Waals surface area contributed by atoms with E-state index in [0.29, 0.717) is 51.8 Å². The SMILES string of the molecule is Cn1cc2c3c(c[nH]c3c1=O)CN(c1ncc(F)cc1F)c1cc3c(cc1-2)C(S(C)(=O)=O)CCN(CCCCCCCCCCCCCCCC(=O)OC(C)(C)C)C3=O. The Balaban J connectivity index is 1.09. The summed E-state index contributed by atoms with van der Waals surface area (Å²) in [5.41, 5.74) is 2.43. The Bertz CT molecular complexity index is 2330. The third-order valence-corrected chi connectivity index (χ3v) is 13.0. The molecule has 11 nitrogen and oxygen atoms in total. The second-order valence-corrected chi connectivity index (χ2v) is 19.6. The van der Waals surface area contributed by atoms with E-state index in [0.717, 1.165) is 57.2 Å². The number of unbranched alkanes of at least 4 members (excludes halogenated alkanes) is 12. The minimum absolute atomic E-state index is 0.0492. The molecule has 2 aliphatic rings. The van der Waals surface area contributed by atoms with Gasteiger partial charge in [-0.1, -0.05) is 70.6 Å². The van der Waals surface area contributed by atoms with Gasteiger partial charge in [0, 0.05) is 73.4 Å². The predicted octanol–water partition coefficient (Wildman–Crippen LogP) is 9.59. The molecular weight excluding hydrogens is 777 g/mol. The van der Waals surface area contributed by atoms with Gasteiger partial charge in [0.05, 0.1) is 23.7 Å². The molecule has 320 valence electrons. The summed E-state index contributed by atoms with van der Waals surface area (Å²) in [6.45, 7) is 6.47. The van der Waals surface area contributed by atoms with Gasteiger partial charge in [0.15, 0.2) is 21.5 Å². The summed E-state index contributed by atoms with van der Waals surface area (Å²) in [6.07, 6.45) is 20.4. The lowest BCUT2D eigenvalue weighted by atomic mass is 9.93. The second-order valence-electron chi connectivity index (χ2n) is 17.4. The van der Waals surface area contributed by atoms with E-state index in [9.17, 15) is 27.2 Å². The molecule has 0 bridgehead atoms. The number of ether oxygens (including phenoxy) is 1. The third-order valence-electron chi connectivity index (χ3n) is 11.5. The molecule has 0 saturated heterocycles. The first-order valence-corrected chi connectivity index (χ1v) is 23.2. The van der Waals surface area contributed by atoms with Gasteiger partial charge < -0.3 is 24.1 Å². The number of carbonyl (C=O) groups is 2. The number of fused-ring (bicyclic) bond motifs is 3. The van der Waals surface area contributed by atoms with Crippen molar-refractivity contribution < 1.29 is 31.5 Å². The molecule has 59 heavy (non-hydrogen) atoms. The van der Waals surface area contributed by atoms with Gasteiger partial charge >= 0.3 is 5.97 Å². The van der Waals surface area contributed by atoms with Crippen molar-refractivity contribution in [3.63, 3.8) is 0 Å². The number of aromatic amines is 1. The van der Waals surface area contributed by atoms with Crippen molar-refractivity contribution >= 4 is 44.1 Å². The Morgan fingerprint density at radius 1 is 0.898 bits per heavy atom. The molecule has 14 heteroatoms. The van der Waals surface area contributed by atoms with E-state index in [1.165, 1.54) is 49.3 Å². The van der Waals surface area contributed by atoms with Gasteiger partial charge in [-0.25, -0.2) is 22.2 Å². The van der Waals surface area contributed by atoms with Crippen LogP contribution in [0.4, 0.5) is 20.3 Å². The lowest BCUT2D eigenvalue weighted by Gasteiger charge is -2.27. The number of carbonyl (C=O) groups excluding carboxylic acids is 2. The van der Waals surface area contributed by atoms with E-state index in [-0.39, 0.29) is 48.3 Å². The van der Waals surface area contributed by atoms with Crippen molar-refractivity contribution in [3.05, 3.63) is 75.5 Å². The van der Waals surface area contributed by atoms with Crippen molar-refractivity contribution in [3.8, 4) is 11.1 Å². The number of nitrogens with zero attached hydrogens (tertiary/aromatic N) is 4. The van der Waals surface area contributed by atoms with Crippen LogP contribution in [0, 0.1) is 11.6 Å². The first-order valence-electron chi connectivity index (χ1n) is 21.2.